The van der Waals surface area contributed by atoms with Crippen molar-refractivity contribution in [3.05, 3.63) is 28.8 Å². The maximum atomic E-state index is 9.34. The third-order valence-corrected chi connectivity index (χ3v) is 3.23. The van der Waals surface area contributed by atoms with Crippen LogP contribution in [-0.4, -0.2) is 17.7 Å². The van der Waals surface area contributed by atoms with Gasteiger partial charge >= 0.3 is 0 Å². The van der Waals surface area contributed by atoms with Crippen molar-refractivity contribution in [2.75, 3.05) is 11.4 Å². The molecular formula is C13H20ClNO. The van der Waals surface area contributed by atoms with Crippen molar-refractivity contribution >= 4 is 17.3 Å². The highest BCUT2D eigenvalue weighted by Crippen LogP contribution is 2.27. The number of aliphatic hydroxyl groups is 1. The minimum Gasteiger partial charge on any atom is -0.392 e. The van der Waals surface area contributed by atoms with E-state index in [4.69, 9.17) is 11.6 Å². The van der Waals surface area contributed by atoms with E-state index in [2.05, 4.69) is 25.7 Å². The molecule has 0 bridgehead atoms. The van der Waals surface area contributed by atoms with Crippen molar-refractivity contribution in [1.29, 1.82) is 0 Å². The Labute approximate surface area is 103 Å². The third-order valence-electron chi connectivity index (χ3n) is 2.99. The molecule has 0 heterocycles. The first-order chi connectivity index (χ1) is 7.63. The second-order valence-electron chi connectivity index (χ2n) is 3.97. The minimum absolute atomic E-state index is 0.0550. The van der Waals surface area contributed by atoms with Gasteiger partial charge < -0.3 is 10.0 Å². The summed E-state index contributed by atoms with van der Waals surface area (Å²) in [6, 6.07) is 6.10. The summed E-state index contributed by atoms with van der Waals surface area (Å²) in [5.74, 6) is 0. The molecule has 0 saturated heterocycles. The summed E-state index contributed by atoms with van der Waals surface area (Å²) >= 11 is 6.01. The molecule has 3 heteroatoms. The SMILES string of the molecule is CCC(C)N(CC)c1cc(Cl)ccc1CO. The second-order valence-corrected chi connectivity index (χ2v) is 4.41. The molecule has 0 aromatic heterocycles. The quantitative estimate of drug-likeness (QED) is 0.854. The summed E-state index contributed by atoms with van der Waals surface area (Å²) in [6.07, 6.45) is 1.07. The van der Waals surface area contributed by atoms with Gasteiger partial charge in [0.25, 0.3) is 0 Å². The highest BCUT2D eigenvalue weighted by molar-refractivity contribution is 6.30. The lowest BCUT2D eigenvalue weighted by Gasteiger charge is -2.31. The zero-order chi connectivity index (χ0) is 12.1. The maximum absolute atomic E-state index is 9.34. The van der Waals surface area contributed by atoms with Gasteiger partial charge in [-0.2, -0.15) is 0 Å². The van der Waals surface area contributed by atoms with Crippen LogP contribution in [0.15, 0.2) is 18.2 Å². The van der Waals surface area contributed by atoms with Gasteiger partial charge in [0, 0.05) is 28.9 Å². The van der Waals surface area contributed by atoms with Crippen LogP contribution < -0.4 is 4.90 Å². The number of aliphatic hydroxyl groups excluding tert-OH is 1. The van der Waals surface area contributed by atoms with Gasteiger partial charge in [0.2, 0.25) is 0 Å². The van der Waals surface area contributed by atoms with E-state index in [0.717, 1.165) is 24.2 Å². The Balaban J connectivity index is 3.11. The Kier molecular flexibility index (Phi) is 5.10. The van der Waals surface area contributed by atoms with Crippen LogP contribution in [0.2, 0.25) is 5.02 Å². The summed E-state index contributed by atoms with van der Waals surface area (Å²) in [4.78, 5) is 2.28. The molecule has 0 radical (unpaired) electrons. The van der Waals surface area contributed by atoms with Gasteiger partial charge in [-0.05, 0) is 32.4 Å². The van der Waals surface area contributed by atoms with Crippen LogP contribution >= 0.6 is 11.6 Å². The molecular weight excluding hydrogens is 222 g/mol. The van der Waals surface area contributed by atoms with E-state index in [0.29, 0.717) is 11.1 Å². The molecule has 1 aromatic carbocycles. The monoisotopic (exact) mass is 241 g/mol. The van der Waals surface area contributed by atoms with E-state index < -0.39 is 0 Å². The average molecular weight is 242 g/mol. The van der Waals surface area contributed by atoms with Crippen molar-refractivity contribution < 1.29 is 5.11 Å². The summed E-state index contributed by atoms with van der Waals surface area (Å²) < 4.78 is 0. The molecule has 90 valence electrons. The van der Waals surface area contributed by atoms with E-state index in [9.17, 15) is 5.11 Å². The van der Waals surface area contributed by atoms with Crippen molar-refractivity contribution in [1.82, 2.24) is 0 Å². The zero-order valence-corrected chi connectivity index (χ0v) is 11.0. The van der Waals surface area contributed by atoms with Crippen molar-refractivity contribution in [3.8, 4) is 0 Å². The molecule has 1 N–H and O–H groups in total. The van der Waals surface area contributed by atoms with Gasteiger partial charge in [-0.1, -0.05) is 24.6 Å². The Hall–Kier alpha value is -0.730. The van der Waals surface area contributed by atoms with Gasteiger partial charge in [-0.25, -0.2) is 0 Å². The fourth-order valence-corrected chi connectivity index (χ4v) is 2.04. The number of anilines is 1. The predicted molar refractivity (Wildman–Crippen MR) is 70.1 cm³/mol. The van der Waals surface area contributed by atoms with Crippen molar-refractivity contribution in [3.63, 3.8) is 0 Å². The summed E-state index contributed by atoms with van der Waals surface area (Å²) in [5.41, 5.74) is 1.98. The standard InChI is InChI=1S/C13H20ClNO/c1-4-10(3)15(5-2)13-8-12(14)7-6-11(13)9-16/h6-8,10,16H,4-5,9H2,1-3H3. The second kappa shape index (κ2) is 6.12. The lowest BCUT2D eigenvalue weighted by Crippen LogP contribution is -2.33. The molecule has 1 rings (SSSR count). The smallest absolute Gasteiger partial charge is 0.0702 e. The van der Waals surface area contributed by atoms with Crippen LogP contribution in [0.3, 0.4) is 0 Å². The van der Waals surface area contributed by atoms with Gasteiger partial charge in [0.15, 0.2) is 0 Å². The van der Waals surface area contributed by atoms with Crippen LogP contribution in [0, 0.1) is 0 Å². The van der Waals surface area contributed by atoms with E-state index in [1.54, 1.807) is 0 Å². The third kappa shape index (κ3) is 2.89. The number of hydrogen-bond acceptors (Lipinski definition) is 2. The van der Waals surface area contributed by atoms with E-state index >= 15 is 0 Å². The van der Waals surface area contributed by atoms with E-state index in [1.807, 2.05) is 18.2 Å². The number of hydrogen-bond donors (Lipinski definition) is 1. The Morgan fingerprint density at radius 2 is 2.06 bits per heavy atom. The molecule has 0 amide bonds. The van der Waals surface area contributed by atoms with E-state index in [1.165, 1.54) is 0 Å². The Morgan fingerprint density at radius 1 is 1.38 bits per heavy atom. The number of nitrogens with zero attached hydrogens (tertiary/aromatic N) is 1. The van der Waals surface area contributed by atoms with Crippen molar-refractivity contribution in [2.24, 2.45) is 0 Å². The number of rotatable bonds is 5. The van der Waals surface area contributed by atoms with Crippen LogP contribution in [0.5, 0.6) is 0 Å². The molecule has 16 heavy (non-hydrogen) atoms. The summed E-state index contributed by atoms with van der Waals surface area (Å²) in [7, 11) is 0. The molecule has 2 nitrogen and oxygen atoms in total. The first kappa shape index (κ1) is 13.3. The fourth-order valence-electron chi connectivity index (χ4n) is 1.88. The van der Waals surface area contributed by atoms with Gasteiger partial charge in [0.05, 0.1) is 6.61 Å². The zero-order valence-electron chi connectivity index (χ0n) is 10.2. The molecule has 0 aliphatic carbocycles. The maximum Gasteiger partial charge on any atom is 0.0702 e. The normalized spacial score (nSPS) is 12.6. The molecule has 1 unspecified atom stereocenters. The summed E-state index contributed by atoms with van der Waals surface area (Å²) in [5, 5.41) is 10.1. The lowest BCUT2D eigenvalue weighted by atomic mass is 10.1. The average Bonchev–Trinajstić information content (AvgIpc) is 2.30. The number of benzene rings is 1. The van der Waals surface area contributed by atoms with Crippen LogP contribution in [0.1, 0.15) is 32.8 Å². The topological polar surface area (TPSA) is 23.5 Å². The van der Waals surface area contributed by atoms with Gasteiger partial charge in [0.1, 0.15) is 0 Å². The highest BCUT2D eigenvalue weighted by Gasteiger charge is 2.14. The first-order valence-corrected chi connectivity index (χ1v) is 6.17. The molecule has 0 spiro atoms. The number of halogens is 1. The summed E-state index contributed by atoms with van der Waals surface area (Å²) in [6.45, 7) is 7.44. The molecule has 0 fully saturated rings. The van der Waals surface area contributed by atoms with Crippen LogP contribution in [-0.2, 0) is 6.61 Å². The lowest BCUT2D eigenvalue weighted by molar-refractivity contribution is 0.282. The van der Waals surface area contributed by atoms with Crippen molar-refractivity contribution in [2.45, 2.75) is 39.8 Å². The largest absolute Gasteiger partial charge is 0.392 e. The Morgan fingerprint density at radius 3 is 2.56 bits per heavy atom. The Bertz CT molecular complexity index is 341. The molecule has 0 aliphatic rings. The minimum atomic E-state index is 0.0550. The van der Waals surface area contributed by atoms with Crippen LogP contribution in [0.25, 0.3) is 0 Å². The van der Waals surface area contributed by atoms with E-state index in [-0.39, 0.29) is 6.61 Å². The van der Waals surface area contributed by atoms with Gasteiger partial charge in [-0.3, -0.25) is 0 Å². The fraction of sp³-hybridized carbons (Fsp3) is 0.538. The first-order valence-electron chi connectivity index (χ1n) is 5.79. The molecule has 1 atom stereocenters. The van der Waals surface area contributed by atoms with Gasteiger partial charge in [-0.15, -0.1) is 0 Å². The van der Waals surface area contributed by atoms with Crippen LogP contribution in [0.4, 0.5) is 5.69 Å². The molecule has 0 aliphatic heterocycles. The molecule has 1 aromatic rings. The molecule has 0 saturated carbocycles. The predicted octanol–water partition coefficient (Wildman–Crippen LogP) is 3.46. The highest BCUT2D eigenvalue weighted by atomic mass is 35.5.